The quantitative estimate of drug-likeness (QED) is 0.909. The molecule has 0 radical (unpaired) electrons. The van der Waals surface area contributed by atoms with Gasteiger partial charge in [-0.15, -0.1) is 0 Å². The predicted octanol–water partition coefficient (Wildman–Crippen LogP) is 2.62. The van der Waals surface area contributed by atoms with E-state index in [0.29, 0.717) is 13.2 Å². The highest BCUT2D eigenvalue weighted by atomic mass is 16.5. The molecule has 0 aliphatic carbocycles. The van der Waals surface area contributed by atoms with Crippen molar-refractivity contribution in [1.29, 1.82) is 0 Å². The highest BCUT2D eigenvalue weighted by Crippen LogP contribution is 2.28. The molecule has 0 aromatic heterocycles. The number of amides is 1. The van der Waals surface area contributed by atoms with Gasteiger partial charge in [-0.2, -0.15) is 0 Å². The van der Waals surface area contributed by atoms with Gasteiger partial charge < -0.3 is 15.0 Å². The number of carbonyl (C=O) groups is 1. The zero-order chi connectivity index (χ0) is 16.2. The highest BCUT2D eigenvalue weighted by Gasteiger charge is 2.32. The second-order valence-corrected chi connectivity index (χ2v) is 6.90. The molecule has 1 N–H and O–H groups in total. The van der Waals surface area contributed by atoms with Crippen molar-refractivity contribution in [3.05, 3.63) is 29.8 Å². The van der Waals surface area contributed by atoms with Crippen LogP contribution in [0.1, 0.15) is 32.3 Å². The molecule has 1 atom stereocenters. The van der Waals surface area contributed by atoms with Gasteiger partial charge in [0.15, 0.2) is 0 Å². The second-order valence-electron chi connectivity index (χ2n) is 6.90. The van der Waals surface area contributed by atoms with E-state index in [4.69, 9.17) is 4.74 Å². The first-order valence-corrected chi connectivity index (χ1v) is 8.05. The molecule has 22 heavy (non-hydrogen) atoms. The van der Waals surface area contributed by atoms with Crippen molar-refractivity contribution < 1.29 is 9.53 Å². The Balaban J connectivity index is 1.77. The number of nitrogens with zero attached hydrogens (tertiary/aromatic N) is 1. The summed E-state index contributed by atoms with van der Waals surface area (Å²) in [7, 11) is 4.06. The summed E-state index contributed by atoms with van der Waals surface area (Å²) < 4.78 is 5.67. The van der Waals surface area contributed by atoms with Crippen LogP contribution in [0, 0.1) is 5.92 Å². The first kappa shape index (κ1) is 16.8. The van der Waals surface area contributed by atoms with E-state index in [1.165, 1.54) is 11.3 Å². The van der Waals surface area contributed by atoms with E-state index in [1.807, 2.05) is 14.1 Å². The summed E-state index contributed by atoms with van der Waals surface area (Å²) in [6.45, 7) is 5.48. The average molecular weight is 304 g/mol. The van der Waals surface area contributed by atoms with Crippen LogP contribution in [0.2, 0.25) is 0 Å². The Hall–Kier alpha value is -1.55. The second kappa shape index (κ2) is 7.14. The van der Waals surface area contributed by atoms with Crippen LogP contribution in [0.25, 0.3) is 0 Å². The van der Waals surface area contributed by atoms with Gasteiger partial charge in [-0.05, 0) is 50.8 Å². The molecule has 1 aliphatic heterocycles. The number of benzene rings is 1. The van der Waals surface area contributed by atoms with Crippen molar-refractivity contribution in [2.24, 2.45) is 5.92 Å². The van der Waals surface area contributed by atoms with Crippen molar-refractivity contribution in [2.45, 2.75) is 38.7 Å². The van der Waals surface area contributed by atoms with Crippen LogP contribution in [0.15, 0.2) is 24.3 Å². The lowest BCUT2D eigenvalue weighted by atomic mass is 9.88. The molecule has 1 heterocycles. The molecule has 0 saturated carbocycles. The first-order valence-electron chi connectivity index (χ1n) is 8.05. The Labute approximate surface area is 133 Å². The monoisotopic (exact) mass is 304 g/mol. The Morgan fingerprint density at radius 3 is 2.59 bits per heavy atom. The van der Waals surface area contributed by atoms with Crippen molar-refractivity contribution in [3.63, 3.8) is 0 Å². The van der Waals surface area contributed by atoms with E-state index < -0.39 is 0 Å². The van der Waals surface area contributed by atoms with Gasteiger partial charge in [-0.25, -0.2) is 0 Å². The lowest BCUT2D eigenvalue weighted by Crippen LogP contribution is -2.41. The molecule has 4 nitrogen and oxygen atoms in total. The van der Waals surface area contributed by atoms with E-state index in [-0.39, 0.29) is 17.4 Å². The van der Waals surface area contributed by atoms with Gasteiger partial charge in [-0.3, -0.25) is 4.79 Å². The van der Waals surface area contributed by atoms with Crippen LogP contribution in [0.3, 0.4) is 0 Å². The van der Waals surface area contributed by atoms with Crippen LogP contribution in [0.4, 0.5) is 5.69 Å². The van der Waals surface area contributed by atoms with Gasteiger partial charge in [-0.1, -0.05) is 12.1 Å². The smallest absolute Gasteiger partial charge is 0.223 e. The van der Waals surface area contributed by atoms with Gasteiger partial charge >= 0.3 is 0 Å². The van der Waals surface area contributed by atoms with E-state index in [9.17, 15) is 4.79 Å². The lowest BCUT2D eigenvalue weighted by Gasteiger charge is -2.34. The van der Waals surface area contributed by atoms with Gasteiger partial charge in [0.25, 0.3) is 0 Å². The number of anilines is 1. The lowest BCUT2D eigenvalue weighted by molar-refractivity contribution is -0.135. The van der Waals surface area contributed by atoms with Crippen LogP contribution in [0.5, 0.6) is 0 Å². The zero-order valence-electron chi connectivity index (χ0n) is 14.2. The Bertz CT molecular complexity index is 494. The molecule has 0 bridgehead atoms. The molecule has 2 rings (SSSR count). The summed E-state index contributed by atoms with van der Waals surface area (Å²) in [6, 6.07) is 8.47. The largest absolute Gasteiger partial charge is 0.378 e. The zero-order valence-corrected chi connectivity index (χ0v) is 14.2. The number of carbonyl (C=O) groups excluding carboxylic acids is 1. The minimum atomic E-state index is -0.178. The first-order chi connectivity index (χ1) is 10.4. The predicted molar refractivity (Wildman–Crippen MR) is 90.2 cm³/mol. The molecule has 1 saturated heterocycles. The molecule has 1 fully saturated rings. The fourth-order valence-electron chi connectivity index (χ4n) is 2.89. The molecule has 4 heteroatoms. The van der Waals surface area contributed by atoms with E-state index in [0.717, 1.165) is 19.3 Å². The molecule has 1 aliphatic rings. The average Bonchev–Trinajstić information content (AvgIpc) is 2.46. The Morgan fingerprint density at radius 1 is 1.32 bits per heavy atom. The van der Waals surface area contributed by atoms with Crippen LogP contribution < -0.4 is 10.2 Å². The van der Waals surface area contributed by atoms with Crippen molar-refractivity contribution in [2.75, 3.05) is 32.1 Å². The summed E-state index contributed by atoms with van der Waals surface area (Å²) in [6.07, 6.45) is 2.50. The maximum absolute atomic E-state index is 12.2. The summed E-state index contributed by atoms with van der Waals surface area (Å²) in [5.41, 5.74) is 2.26. The van der Waals surface area contributed by atoms with Gasteiger partial charge in [0.2, 0.25) is 5.91 Å². The summed E-state index contributed by atoms with van der Waals surface area (Å²) in [4.78, 5) is 14.3. The summed E-state index contributed by atoms with van der Waals surface area (Å²) >= 11 is 0. The van der Waals surface area contributed by atoms with Crippen molar-refractivity contribution >= 4 is 11.6 Å². The van der Waals surface area contributed by atoms with E-state index in [2.05, 4.69) is 48.3 Å². The standard InChI is InChI=1S/C18H28N2O2/c1-18(2)13-15(10-12-22-18)17(21)19-11-9-14-5-7-16(8-6-14)20(3)4/h5-8,15H,9-13H2,1-4H3,(H,19,21)/t15-/m0/s1. The number of hydrogen-bond acceptors (Lipinski definition) is 3. The van der Waals surface area contributed by atoms with Crippen LogP contribution in [-0.4, -0.2) is 38.8 Å². The molecule has 1 aromatic carbocycles. The van der Waals surface area contributed by atoms with Gasteiger partial charge in [0.1, 0.15) is 0 Å². The molecule has 122 valence electrons. The maximum atomic E-state index is 12.2. The molecule has 1 amide bonds. The topological polar surface area (TPSA) is 41.6 Å². The normalized spacial score (nSPS) is 20.5. The van der Waals surface area contributed by atoms with Crippen molar-refractivity contribution in [1.82, 2.24) is 5.32 Å². The summed E-state index contributed by atoms with van der Waals surface area (Å²) in [5, 5.41) is 3.07. The van der Waals surface area contributed by atoms with Crippen molar-refractivity contribution in [3.8, 4) is 0 Å². The fourth-order valence-corrected chi connectivity index (χ4v) is 2.89. The highest BCUT2D eigenvalue weighted by molar-refractivity contribution is 5.78. The Kier molecular flexibility index (Phi) is 5.46. The fraction of sp³-hybridized carbons (Fsp3) is 0.611. The van der Waals surface area contributed by atoms with Crippen LogP contribution >= 0.6 is 0 Å². The number of ether oxygens (including phenoxy) is 1. The molecular weight excluding hydrogens is 276 g/mol. The minimum absolute atomic E-state index is 0.0832. The van der Waals surface area contributed by atoms with Gasteiger partial charge in [0, 0.05) is 38.9 Å². The number of nitrogens with one attached hydrogen (secondary N) is 1. The third-order valence-corrected chi connectivity index (χ3v) is 4.23. The number of hydrogen-bond donors (Lipinski definition) is 1. The Morgan fingerprint density at radius 2 is 2.00 bits per heavy atom. The number of rotatable bonds is 5. The maximum Gasteiger partial charge on any atom is 0.223 e. The molecule has 0 unspecified atom stereocenters. The minimum Gasteiger partial charge on any atom is -0.378 e. The third-order valence-electron chi connectivity index (χ3n) is 4.23. The third kappa shape index (κ3) is 4.73. The van der Waals surface area contributed by atoms with Gasteiger partial charge in [0.05, 0.1) is 5.60 Å². The molecular formula is C18H28N2O2. The van der Waals surface area contributed by atoms with E-state index in [1.54, 1.807) is 0 Å². The molecule has 1 aromatic rings. The summed E-state index contributed by atoms with van der Waals surface area (Å²) in [5.74, 6) is 0.251. The SMILES string of the molecule is CN(C)c1ccc(CCNC(=O)[C@H]2CCOC(C)(C)C2)cc1. The molecule has 0 spiro atoms. The van der Waals surface area contributed by atoms with Crippen LogP contribution in [-0.2, 0) is 16.0 Å². The van der Waals surface area contributed by atoms with E-state index >= 15 is 0 Å².